The van der Waals surface area contributed by atoms with Crippen LogP contribution in [0.5, 0.6) is 5.75 Å². The van der Waals surface area contributed by atoms with E-state index >= 15 is 0 Å². The number of carbonyl (C=O) groups is 1. The molecule has 5 heteroatoms. The third-order valence-corrected chi connectivity index (χ3v) is 4.53. The minimum Gasteiger partial charge on any atom is -0.484 e. The lowest BCUT2D eigenvalue weighted by Gasteiger charge is -2.12. The maximum absolute atomic E-state index is 12.3. The number of H-pyrrole nitrogens is 1. The molecule has 0 bridgehead atoms. The van der Waals surface area contributed by atoms with Gasteiger partial charge in [-0.3, -0.25) is 4.79 Å². The molecule has 27 heavy (non-hydrogen) atoms. The second-order valence-electron chi connectivity index (χ2n) is 6.73. The van der Waals surface area contributed by atoms with Crippen molar-refractivity contribution < 1.29 is 9.53 Å². The molecule has 0 saturated heterocycles. The smallest absolute Gasteiger partial charge is 0.258 e. The van der Waals surface area contributed by atoms with E-state index in [1.54, 1.807) is 0 Å². The lowest BCUT2D eigenvalue weighted by atomic mass is 10.1. The van der Waals surface area contributed by atoms with Crippen molar-refractivity contribution in [3.05, 3.63) is 72.1 Å². The third-order valence-electron chi connectivity index (χ3n) is 4.53. The van der Waals surface area contributed by atoms with Gasteiger partial charge >= 0.3 is 0 Å². The number of hydrogen-bond acceptors (Lipinski definition) is 3. The van der Waals surface area contributed by atoms with E-state index in [1.165, 1.54) is 0 Å². The largest absolute Gasteiger partial charge is 0.484 e. The number of aromatic nitrogens is 2. The predicted molar refractivity (Wildman–Crippen MR) is 107 cm³/mol. The van der Waals surface area contributed by atoms with Crippen LogP contribution in [0.25, 0.3) is 21.8 Å². The maximum Gasteiger partial charge on any atom is 0.258 e. The molecule has 1 unspecified atom stereocenters. The first-order chi connectivity index (χ1) is 13.1. The van der Waals surface area contributed by atoms with Crippen LogP contribution in [-0.2, 0) is 4.79 Å². The molecule has 0 saturated carbocycles. The van der Waals surface area contributed by atoms with E-state index in [4.69, 9.17) is 4.74 Å². The van der Waals surface area contributed by atoms with Gasteiger partial charge in [0.25, 0.3) is 5.91 Å². The second kappa shape index (κ2) is 7.11. The van der Waals surface area contributed by atoms with Crippen LogP contribution in [0.3, 0.4) is 0 Å². The minimum atomic E-state index is -0.231. The fraction of sp³-hybridized carbons (Fsp3) is 0.182. The SMILES string of the molecule is Cc1ccc2nc(C(C)NC(=O)COc3ccc4ccccc4c3)[nH]c2c1. The standard InChI is InChI=1S/C22H21N3O2/c1-14-7-10-19-20(11-14)25-22(24-19)15(2)23-21(26)13-27-18-9-8-16-5-3-4-6-17(16)12-18/h3-12,15H,13H2,1-2H3,(H,23,26)(H,24,25). The Morgan fingerprint density at radius 3 is 2.78 bits per heavy atom. The zero-order valence-electron chi connectivity index (χ0n) is 15.3. The molecule has 4 rings (SSSR count). The summed E-state index contributed by atoms with van der Waals surface area (Å²) in [5.41, 5.74) is 3.03. The summed E-state index contributed by atoms with van der Waals surface area (Å²) in [5, 5.41) is 5.15. The van der Waals surface area contributed by atoms with Gasteiger partial charge in [-0.2, -0.15) is 0 Å². The van der Waals surface area contributed by atoms with Gasteiger partial charge in [-0.25, -0.2) is 4.98 Å². The molecule has 1 amide bonds. The van der Waals surface area contributed by atoms with E-state index in [0.29, 0.717) is 5.75 Å². The van der Waals surface area contributed by atoms with Crippen molar-refractivity contribution in [1.82, 2.24) is 15.3 Å². The van der Waals surface area contributed by atoms with Gasteiger partial charge in [0.05, 0.1) is 17.1 Å². The van der Waals surface area contributed by atoms with Crippen LogP contribution in [0.15, 0.2) is 60.7 Å². The van der Waals surface area contributed by atoms with Crippen LogP contribution >= 0.6 is 0 Å². The molecule has 3 aromatic carbocycles. The van der Waals surface area contributed by atoms with Crippen molar-refractivity contribution in [2.24, 2.45) is 0 Å². The van der Waals surface area contributed by atoms with Gasteiger partial charge in [0, 0.05) is 0 Å². The Kier molecular flexibility index (Phi) is 4.50. The number of amides is 1. The molecule has 0 spiro atoms. The van der Waals surface area contributed by atoms with Crippen molar-refractivity contribution >= 4 is 27.7 Å². The van der Waals surface area contributed by atoms with E-state index in [9.17, 15) is 4.79 Å². The molecule has 4 aromatic rings. The summed E-state index contributed by atoms with van der Waals surface area (Å²) in [6, 6.07) is 19.7. The van der Waals surface area contributed by atoms with Crippen molar-refractivity contribution in [1.29, 1.82) is 0 Å². The maximum atomic E-state index is 12.3. The van der Waals surface area contributed by atoms with Crippen LogP contribution in [-0.4, -0.2) is 22.5 Å². The zero-order valence-corrected chi connectivity index (χ0v) is 15.3. The van der Waals surface area contributed by atoms with E-state index < -0.39 is 0 Å². The molecule has 0 aliphatic rings. The van der Waals surface area contributed by atoms with Gasteiger partial charge in [-0.1, -0.05) is 36.4 Å². The number of benzene rings is 3. The number of aryl methyl sites for hydroxylation is 1. The highest BCUT2D eigenvalue weighted by molar-refractivity contribution is 5.84. The van der Waals surface area contributed by atoms with Gasteiger partial charge < -0.3 is 15.0 Å². The summed E-state index contributed by atoms with van der Waals surface area (Å²) >= 11 is 0. The first kappa shape index (κ1) is 17.1. The molecule has 0 radical (unpaired) electrons. The van der Waals surface area contributed by atoms with Crippen LogP contribution in [0.1, 0.15) is 24.4 Å². The van der Waals surface area contributed by atoms with Crippen molar-refractivity contribution in [2.75, 3.05) is 6.61 Å². The van der Waals surface area contributed by atoms with Crippen LogP contribution in [0.2, 0.25) is 0 Å². The molecule has 0 aliphatic carbocycles. The summed E-state index contributed by atoms with van der Waals surface area (Å²) in [6.45, 7) is 3.90. The highest BCUT2D eigenvalue weighted by Gasteiger charge is 2.14. The topological polar surface area (TPSA) is 67.0 Å². The second-order valence-corrected chi connectivity index (χ2v) is 6.73. The number of fused-ring (bicyclic) bond motifs is 2. The summed E-state index contributed by atoms with van der Waals surface area (Å²) < 4.78 is 5.64. The summed E-state index contributed by atoms with van der Waals surface area (Å²) in [7, 11) is 0. The van der Waals surface area contributed by atoms with Crippen LogP contribution in [0.4, 0.5) is 0 Å². The highest BCUT2D eigenvalue weighted by atomic mass is 16.5. The number of nitrogens with zero attached hydrogens (tertiary/aromatic N) is 1. The minimum absolute atomic E-state index is 0.0397. The number of hydrogen-bond donors (Lipinski definition) is 2. The van der Waals surface area contributed by atoms with Gasteiger partial charge in [-0.15, -0.1) is 0 Å². The van der Waals surface area contributed by atoms with E-state index in [2.05, 4.69) is 15.3 Å². The number of imidazole rings is 1. The lowest BCUT2D eigenvalue weighted by molar-refractivity contribution is -0.123. The van der Waals surface area contributed by atoms with Gasteiger partial charge in [0.15, 0.2) is 6.61 Å². The van der Waals surface area contributed by atoms with Crippen molar-refractivity contribution in [3.63, 3.8) is 0 Å². The third kappa shape index (κ3) is 3.77. The molecular formula is C22H21N3O2. The average Bonchev–Trinajstić information content (AvgIpc) is 3.09. The highest BCUT2D eigenvalue weighted by Crippen LogP contribution is 2.21. The van der Waals surface area contributed by atoms with Gasteiger partial charge in [-0.05, 0) is 54.4 Å². The molecule has 0 aliphatic heterocycles. The summed E-state index contributed by atoms with van der Waals surface area (Å²) in [4.78, 5) is 20.1. The number of ether oxygens (including phenoxy) is 1. The van der Waals surface area contributed by atoms with Crippen molar-refractivity contribution in [3.8, 4) is 5.75 Å². The zero-order chi connectivity index (χ0) is 18.8. The van der Waals surface area contributed by atoms with E-state index in [0.717, 1.165) is 33.2 Å². The first-order valence-electron chi connectivity index (χ1n) is 8.96. The first-order valence-corrected chi connectivity index (χ1v) is 8.96. The number of nitrogens with one attached hydrogen (secondary N) is 2. The van der Waals surface area contributed by atoms with Gasteiger partial charge in [0.1, 0.15) is 11.6 Å². The van der Waals surface area contributed by atoms with Crippen LogP contribution < -0.4 is 10.1 Å². The lowest BCUT2D eigenvalue weighted by Crippen LogP contribution is -2.31. The predicted octanol–water partition coefficient (Wildman–Crippen LogP) is 4.28. The Labute approximate surface area is 157 Å². The molecule has 2 N–H and O–H groups in total. The fourth-order valence-electron chi connectivity index (χ4n) is 3.11. The van der Waals surface area contributed by atoms with Crippen molar-refractivity contribution in [2.45, 2.75) is 19.9 Å². The fourth-order valence-corrected chi connectivity index (χ4v) is 3.11. The van der Waals surface area contributed by atoms with E-state index in [-0.39, 0.29) is 18.6 Å². The Morgan fingerprint density at radius 2 is 1.93 bits per heavy atom. The van der Waals surface area contributed by atoms with Gasteiger partial charge in [0.2, 0.25) is 0 Å². The quantitative estimate of drug-likeness (QED) is 0.559. The number of carbonyl (C=O) groups excluding carboxylic acids is 1. The summed E-state index contributed by atoms with van der Waals surface area (Å²) in [6.07, 6.45) is 0. The molecule has 1 heterocycles. The molecular weight excluding hydrogens is 338 g/mol. The molecule has 0 fully saturated rings. The molecule has 1 aromatic heterocycles. The molecule has 5 nitrogen and oxygen atoms in total. The summed E-state index contributed by atoms with van der Waals surface area (Å²) in [5.74, 6) is 1.22. The normalized spacial score (nSPS) is 12.2. The number of aromatic amines is 1. The monoisotopic (exact) mass is 359 g/mol. The van der Waals surface area contributed by atoms with E-state index in [1.807, 2.05) is 74.5 Å². The molecule has 1 atom stereocenters. The number of rotatable bonds is 5. The van der Waals surface area contributed by atoms with Crippen LogP contribution in [0, 0.1) is 6.92 Å². The Morgan fingerprint density at radius 1 is 1.11 bits per heavy atom. The Hall–Kier alpha value is -3.34. The Balaban J connectivity index is 1.38. The molecule has 136 valence electrons. The average molecular weight is 359 g/mol. The Bertz CT molecular complexity index is 1120.